The van der Waals surface area contributed by atoms with E-state index in [9.17, 15) is 9.90 Å². The second-order valence-electron chi connectivity index (χ2n) is 5.84. The van der Waals surface area contributed by atoms with Gasteiger partial charge in [0, 0.05) is 11.5 Å². The molecular formula is C20H19NO2. The van der Waals surface area contributed by atoms with Gasteiger partial charge < -0.3 is 10.4 Å². The van der Waals surface area contributed by atoms with Crippen molar-refractivity contribution < 1.29 is 9.90 Å². The van der Waals surface area contributed by atoms with Gasteiger partial charge in [0.25, 0.3) is 5.91 Å². The van der Waals surface area contributed by atoms with Crippen LogP contribution in [0.3, 0.4) is 0 Å². The van der Waals surface area contributed by atoms with Crippen LogP contribution < -0.4 is 5.32 Å². The smallest absolute Gasteiger partial charge is 0.296 e. The van der Waals surface area contributed by atoms with Gasteiger partial charge in [-0.15, -0.1) is 0 Å². The van der Waals surface area contributed by atoms with Crippen LogP contribution in [-0.2, 0) is 16.8 Å². The van der Waals surface area contributed by atoms with E-state index in [0.29, 0.717) is 6.42 Å². The van der Waals surface area contributed by atoms with Gasteiger partial charge in [0.15, 0.2) is 0 Å². The maximum atomic E-state index is 11.9. The van der Waals surface area contributed by atoms with E-state index in [2.05, 4.69) is 17.2 Å². The number of nitrogens with one attached hydrogen (secondary N) is 1. The molecule has 3 rings (SSSR count). The molecule has 0 bridgehead atoms. The van der Waals surface area contributed by atoms with Gasteiger partial charge >= 0.3 is 0 Å². The topological polar surface area (TPSA) is 49.3 Å². The average Bonchev–Trinajstić information content (AvgIpc) is 2.60. The molecule has 0 aromatic heterocycles. The summed E-state index contributed by atoms with van der Waals surface area (Å²) in [6, 6.07) is 17.2. The van der Waals surface area contributed by atoms with E-state index in [1.807, 2.05) is 54.6 Å². The Balaban J connectivity index is 1.67. The Labute approximate surface area is 136 Å². The third kappa shape index (κ3) is 3.61. The molecule has 0 radical (unpaired) electrons. The second kappa shape index (κ2) is 6.68. The zero-order valence-corrected chi connectivity index (χ0v) is 12.9. The number of hydrogen-bond acceptors (Lipinski definition) is 2. The molecule has 0 aliphatic heterocycles. The average molecular weight is 305 g/mol. The molecule has 1 unspecified atom stereocenters. The van der Waals surface area contributed by atoms with E-state index in [-0.39, 0.29) is 12.5 Å². The van der Waals surface area contributed by atoms with Crippen molar-refractivity contribution in [2.75, 3.05) is 6.54 Å². The van der Waals surface area contributed by atoms with Gasteiger partial charge in [-0.2, -0.15) is 0 Å². The summed E-state index contributed by atoms with van der Waals surface area (Å²) >= 11 is 0. The number of amides is 1. The molecule has 3 nitrogen and oxygen atoms in total. The van der Waals surface area contributed by atoms with Crippen LogP contribution in [0.4, 0.5) is 0 Å². The Morgan fingerprint density at radius 3 is 2.70 bits per heavy atom. The Morgan fingerprint density at radius 1 is 1.13 bits per heavy atom. The first-order valence-electron chi connectivity index (χ1n) is 7.83. The predicted molar refractivity (Wildman–Crippen MR) is 89.6 cm³/mol. The minimum atomic E-state index is -1.00. The fourth-order valence-corrected chi connectivity index (χ4v) is 3.00. The lowest BCUT2D eigenvalue weighted by molar-refractivity contribution is -0.117. The molecule has 1 aliphatic rings. The Morgan fingerprint density at radius 2 is 1.87 bits per heavy atom. The number of aryl methyl sites for hydroxylation is 1. The molecule has 2 N–H and O–H groups in total. The first kappa shape index (κ1) is 15.3. The maximum Gasteiger partial charge on any atom is 0.296 e. The molecule has 2 aromatic carbocycles. The van der Waals surface area contributed by atoms with E-state index < -0.39 is 5.60 Å². The SMILES string of the molecule is O=C(C#Cc1ccccc1)NCC1(O)CCCc2ccccc21. The molecule has 1 atom stereocenters. The van der Waals surface area contributed by atoms with Gasteiger partial charge in [-0.3, -0.25) is 4.79 Å². The largest absolute Gasteiger partial charge is 0.383 e. The van der Waals surface area contributed by atoms with Gasteiger partial charge in [0.05, 0.1) is 6.54 Å². The van der Waals surface area contributed by atoms with Crippen LogP contribution in [0.1, 0.15) is 29.5 Å². The third-order valence-electron chi connectivity index (χ3n) is 4.19. The number of carbonyl (C=O) groups is 1. The Bertz CT molecular complexity index is 758. The van der Waals surface area contributed by atoms with Gasteiger partial charge in [-0.1, -0.05) is 48.4 Å². The number of benzene rings is 2. The summed E-state index contributed by atoms with van der Waals surface area (Å²) in [5.74, 6) is 5.02. The Hall–Kier alpha value is -2.57. The molecule has 0 fully saturated rings. The highest BCUT2D eigenvalue weighted by atomic mass is 16.3. The summed E-state index contributed by atoms with van der Waals surface area (Å²) in [6.45, 7) is 0.187. The normalized spacial score (nSPS) is 19.2. The van der Waals surface area contributed by atoms with Crippen molar-refractivity contribution in [1.82, 2.24) is 5.32 Å². The van der Waals surface area contributed by atoms with Crippen molar-refractivity contribution in [3.8, 4) is 11.8 Å². The van der Waals surface area contributed by atoms with E-state index in [1.165, 1.54) is 0 Å². The third-order valence-corrected chi connectivity index (χ3v) is 4.19. The fraction of sp³-hybridized carbons (Fsp3) is 0.250. The lowest BCUT2D eigenvalue weighted by atomic mass is 9.79. The quantitative estimate of drug-likeness (QED) is 0.837. The van der Waals surface area contributed by atoms with Crippen molar-refractivity contribution in [2.24, 2.45) is 0 Å². The summed E-state index contributed by atoms with van der Waals surface area (Å²) in [7, 11) is 0. The molecule has 0 saturated heterocycles. The summed E-state index contributed by atoms with van der Waals surface area (Å²) in [5, 5.41) is 13.6. The molecule has 0 saturated carbocycles. The Kier molecular flexibility index (Phi) is 4.45. The van der Waals surface area contributed by atoms with Crippen molar-refractivity contribution in [1.29, 1.82) is 0 Å². The number of hydrogen-bond donors (Lipinski definition) is 2. The highest BCUT2D eigenvalue weighted by molar-refractivity contribution is 5.94. The van der Waals surface area contributed by atoms with Crippen LogP contribution in [0.2, 0.25) is 0 Å². The van der Waals surface area contributed by atoms with Crippen molar-refractivity contribution >= 4 is 5.91 Å². The van der Waals surface area contributed by atoms with Crippen molar-refractivity contribution in [2.45, 2.75) is 24.9 Å². The molecular weight excluding hydrogens is 286 g/mol. The first-order chi connectivity index (χ1) is 11.2. The van der Waals surface area contributed by atoms with Gasteiger partial charge in [0.2, 0.25) is 0 Å². The molecule has 23 heavy (non-hydrogen) atoms. The molecule has 1 aliphatic carbocycles. The van der Waals surface area contributed by atoms with Gasteiger partial charge in [0.1, 0.15) is 5.60 Å². The summed E-state index contributed by atoms with van der Waals surface area (Å²) in [4.78, 5) is 11.9. The van der Waals surface area contributed by atoms with Crippen molar-refractivity contribution in [3.05, 3.63) is 71.3 Å². The molecule has 0 heterocycles. The number of carbonyl (C=O) groups excluding carboxylic acids is 1. The lowest BCUT2D eigenvalue weighted by Gasteiger charge is -2.34. The van der Waals surface area contributed by atoms with Crippen LogP contribution >= 0.6 is 0 Å². The summed E-state index contributed by atoms with van der Waals surface area (Å²) in [5.41, 5.74) is 1.87. The molecule has 3 heteroatoms. The fourth-order valence-electron chi connectivity index (χ4n) is 3.00. The standard InChI is InChI=1S/C20H19NO2/c22-19(13-12-16-7-2-1-3-8-16)21-15-20(23)14-6-10-17-9-4-5-11-18(17)20/h1-5,7-9,11,23H,6,10,14-15H2,(H,21,22). The zero-order chi connectivity index (χ0) is 16.1. The minimum Gasteiger partial charge on any atom is -0.383 e. The van der Waals surface area contributed by atoms with E-state index in [1.54, 1.807) is 0 Å². The number of rotatable bonds is 2. The molecule has 0 spiro atoms. The van der Waals surface area contributed by atoms with E-state index >= 15 is 0 Å². The van der Waals surface area contributed by atoms with Crippen LogP contribution in [-0.4, -0.2) is 17.6 Å². The van der Waals surface area contributed by atoms with Gasteiger partial charge in [-0.05, 0) is 42.5 Å². The zero-order valence-electron chi connectivity index (χ0n) is 12.9. The van der Waals surface area contributed by atoms with Crippen LogP contribution in [0, 0.1) is 11.8 Å². The van der Waals surface area contributed by atoms with Gasteiger partial charge in [-0.25, -0.2) is 0 Å². The lowest BCUT2D eigenvalue weighted by Crippen LogP contribution is -2.42. The van der Waals surface area contributed by atoms with Crippen LogP contribution in [0.15, 0.2) is 54.6 Å². The van der Waals surface area contributed by atoms with Crippen LogP contribution in [0.25, 0.3) is 0 Å². The monoisotopic (exact) mass is 305 g/mol. The second-order valence-corrected chi connectivity index (χ2v) is 5.84. The summed E-state index contributed by atoms with van der Waals surface area (Å²) in [6.07, 6.45) is 2.54. The number of fused-ring (bicyclic) bond motifs is 1. The molecule has 1 amide bonds. The molecule has 116 valence electrons. The first-order valence-corrected chi connectivity index (χ1v) is 7.83. The van der Waals surface area contributed by atoms with E-state index in [0.717, 1.165) is 29.5 Å². The van der Waals surface area contributed by atoms with Crippen molar-refractivity contribution in [3.63, 3.8) is 0 Å². The van der Waals surface area contributed by atoms with Crippen LogP contribution in [0.5, 0.6) is 0 Å². The number of aliphatic hydroxyl groups is 1. The highest BCUT2D eigenvalue weighted by Gasteiger charge is 2.34. The highest BCUT2D eigenvalue weighted by Crippen LogP contribution is 2.34. The molecule has 2 aromatic rings. The van der Waals surface area contributed by atoms with E-state index in [4.69, 9.17) is 0 Å². The summed E-state index contributed by atoms with van der Waals surface area (Å²) < 4.78 is 0. The predicted octanol–water partition coefficient (Wildman–Crippen LogP) is 2.38. The maximum absolute atomic E-state index is 11.9. The minimum absolute atomic E-state index is 0.187.